The molecule has 0 spiro atoms. The number of hydrogen-bond donors (Lipinski definition) is 1. The summed E-state index contributed by atoms with van der Waals surface area (Å²) < 4.78 is 7.52. The molecule has 2 heterocycles. The maximum absolute atomic E-state index is 12.6. The fraction of sp³-hybridized carbons (Fsp3) is 0.292. The number of carbonyl (C=O) groups is 2. The molecule has 0 aliphatic carbocycles. The Morgan fingerprint density at radius 2 is 2.00 bits per heavy atom. The molecule has 2 aromatic carbocycles. The summed E-state index contributed by atoms with van der Waals surface area (Å²) in [5.74, 6) is -0.475. The van der Waals surface area contributed by atoms with E-state index in [4.69, 9.17) is 16.3 Å². The monoisotopic (exact) mass is 469 g/mol. The van der Waals surface area contributed by atoms with Crippen LogP contribution in [0.25, 0.3) is 0 Å². The Hall–Kier alpha value is -2.74. The third-order valence-corrected chi connectivity index (χ3v) is 6.68. The van der Waals surface area contributed by atoms with Crippen LogP contribution in [-0.4, -0.2) is 35.6 Å². The van der Waals surface area contributed by atoms with Gasteiger partial charge in [0.2, 0.25) is 0 Å². The molecular formula is C24H24ClN3O3S. The Kier molecular flexibility index (Phi) is 7.19. The van der Waals surface area contributed by atoms with Gasteiger partial charge in [0.15, 0.2) is 4.80 Å². The first-order chi connectivity index (χ1) is 15.5. The Labute approximate surface area is 195 Å². The van der Waals surface area contributed by atoms with Crippen LogP contribution in [0.4, 0.5) is 0 Å². The zero-order chi connectivity index (χ0) is 22.5. The van der Waals surface area contributed by atoms with Crippen LogP contribution in [0, 0.1) is 6.92 Å². The van der Waals surface area contributed by atoms with E-state index in [1.54, 1.807) is 24.3 Å². The van der Waals surface area contributed by atoms with E-state index in [2.05, 4.69) is 10.3 Å². The van der Waals surface area contributed by atoms with Crippen LogP contribution in [0.5, 0.6) is 0 Å². The lowest BCUT2D eigenvalue weighted by Crippen LogP contribution is -2.31. The smallest absolute Gasteiger partial charge is 0.281 e. The summed E-state index contributed by atoms with van der Waals surface area (Å²) in [5.41, 5.74) is 3.00. The second-order valence-corrected chi connectivity index (χ2v) is 8.93. The van der Waals surface area contributed by atoms with Crippen LogP contribution in [-0.2, 0) is 11.3 Å². The number of nitrogens with zero attached hydrogens (tertiary/aromatic N) is 2. The summed E-state index contributed by atoms with van der Waals surface area (Å²) in [7, 11) is 0. The number of ether oxygens (including phenoxy) is 1. The highest BCUT2D eigenvalue weighted by atomic mass is 35.5. The highest BCUT2D eigenvalue weighted by Crippen LogP contribution is 2.16. The number of amides is 2. The van der Waals surface area contributed by atoms with Gasteiger partial charge in [-0.3, -0.25) is 9.59 Å². The minimum atomic E-state index is -0.371. The average Bonchev–Trinajstić information content (AvgIpc) is 3.44. The number of hydrogen-bond acceptors (Lipinski definition) is 4. The van der Waals surface area contributed by atoms with Crippen molar-refractivity contribution < 1.29 is 14.3 Å². The van der Waals surface area contributed by atoms with Gasteiger partial charge in [-0.15, -0.1) is 11.3 Å². The first-order valence-electron chi connectivity index (χ1n) is 10.5. The molecule has 1 N–H and O–H groups in total. The Morgan fingerprint density at radius 3 is 2.72 bits per heavy atom. The highest BCUT2D eigenvalue weighted by molar-refractivity contribution is 7.07. The minimum Gasteiger partial charge on any atom is -0.376 e. The van der Waals surface area contributed by atoms with Crippen LogP contribution in [0.15, 0.2) is 58.9 Å². The van der Waals surface area contributed by atoms with Crippen LogP contribution in [0.3, 0.4) is 0 Å². The molecule has 1 aromatic heterocycles. The largest absolute Gasteiger partial charge is 0.376 e. The molecule has 0 radical (unpaired) electrons. The number of aromatic nitrogens is 1. The van der Waals surface area contributed by atoms with Gasteiger partial charge in [0.25, 0.3) is 11.8 Å². The van der Waals surface area contributed by atoms with Gasteiger partial charge in [-0.1, -0.05) is 35.9 Å². The molecule has 0 unspecified atom stereocenters. The van der Waals surface area contributed by atoms with E-state index < -0.39 is 0 Å². The van der Waals surface area contributed by atoms with E-state index in [9.17, 15) is 9.59 Å². The maximum atomic E-state index is 12.6. The lowest BCUT2D eigenvalue weighted by Gasteiger charge is -2.11. The molecular weight excluding hydrogens is 446 g/mol. The van der Waals surface area contributed by atoms with Crippen LogP contribution < -0.4 is 10.1 Å². The molecule has 4 rings (SSSR count). The van der Waals surface area contributed by atoms with Crippen LogP contribution >= 0.6 is 22.9 Å². The van der Waals surface area contributed by atoms with E-state index in [0.29, 0.717) is 34.0 Å². The number of benzene rings is 2. The molecule has 32 heavy (non-hydrogen) atoms. The van der Waals surface area contributed by atoms with Gasteiger partial charge < -0.3 is 14.6 Å². The predicted octanol–water partition coefficient (Wildman–Crippen LogP) is 4.21. The van der Waals surface area contributed by atoms with E-state index in [1.807, 2.05) is 41.1 Å². The second kappa shape index (κ2) is 10.3. The van der Waals surface area contributed by atoms with Crippen molar-refractivity contribution in [2.45, 2.75) is 32.4 Å². The van der Waals surface area contributed by atoms with Gasteiger partial charge in [0, 0.05) is 29.8 Å². The van der Waals surface area contributed by atoms with Crippen molar-refractivity contribution >= 4 is 34.8 Å². The number of nitrogens with one attached hydrogen (secondary N) is 1. The zero-order valence-electron chi connectivity index (χ0n) is 17.7. The molecule has 6 nitrogen and oxygen atoms in total. The molecule has 1 atom stereocenters. The van der Waals surface area contributed by atoms with Gasteiger partial charge in [-0.25, -0.2) is 0 Å². The van der Waals surface area contributed by atoms with Gasteiger partial charge in [0.1, 0.15) is 0 Å². The van der Waals surface area contributed by atoms with Crippen molar-refractivity contribution in [2.24, 2.45) is 4.99 Å². The summed E-state index contributed by atoms with van der Waals surface area (Å²) in [4.78, 5) is 29.9. The molecule has 166 valence electrons. The topological polar surface area (TPSA) is 72.7 Å². The molecule has 2 amide bonds. The summed E-state index contributed by atoms with van der Waals surface area (Å²) in [5, 5.41) is 5.28. The average molecular weight is 470 g/mol. The molecule has 3 aromatic rings. The SMILES string of the molecule is Cc1csc(=NC(=O)c2ccccc2Cl)n1Cc1ccc(C(=O)NC[C@H]2CCCO2)cc1. The minimum absolute atomic E-state index is 0.104. The fourth-order valence-corrected chi connectivity index (χ4v) is 4.63. The predicted molar refractivity (Wildman–Crippen MR) is 125 cm³/mol. The first kappa shape index (κ1) is 22.5. The van der Waals surface area contributed by atoms with E-state index in [1.165, 1.54) is 11.3 Å². The third kappa shape index (κ3) is 5.35. The molecule has 8 heteroatoms. The summed E-state index contributed by atoms with van der Waals surface area (Å²) >= 11 is 7.54. The highest BCUT2D eigenvalue weighted by Gasteiger charge is 2.17. The van der Waals surface area contributed by atoms with Crippen molar-refractivity contribution in [3.63, 3.8) is 0 Å². The van der Waals surface area contributed by atoms with Gasteiger partial charge >= 0.3 is 0 Å². The van der Waals surface area contributed by atoms with E-state index in [-0.39, 0.29) is 17.9 Å². The Morgan fingerprint density at radius 1 is 1.22 bits per heavy atom. The van der Waals surface area contributed by atoms with Crippen molar-refractivity contribution in [2.75, 3.05) is 13.2 Å². The number of rotatable bonds is 6. The summed E-state index contributed by atoms with van der Waals surface area (Å²) in [6, 6.07) is 14.4. The number of halogens is 1. The van der Waals surface area contributed by atoms with Crippen LogP contribution in [0.2, 0.25) is 5.02 Å². The van der Waals surface area contributed by atoms with Crippen molar-refractivity contribution in [1.82, 2.24) is 9.88 Å². The normalized spacial score (nSPS) is 16.3. The Balaban J connectivity index is 1.46. The molecule has 1 aliphatic rings. The fourth-order valence-electron chi connectivity index (χ4n) is 3.53. The molecule has 1 aliphatic heterocycles. The standard InChI is InChI=1S/C24H24ClN3O3S/c1-16-15-32-24(27-23(30)20-6-2-3-7-21(20)25)28(16)14-17-8-10-18(11-9-17)22(29)26-13-19-5-4-12-31-19/h2-3,6-11,15,19H,4-5,12-14H2,1H3,(H,26,29)/t19-/m1/s1. The first-order valence-corrected chi connectivity index (χ1v) is 11.7. The van der Waals surface area contributed by atoms with E-state index >= 15 is 0 Å². The number of carbonyl (C=O) groups excluding carboxylic acids is 2. The van der Waals surface area contributed by atoms with Crippen molar-refractivity contribution in [3.05, 3.63) is 86.1 Å². The quantitative estimate of drug-likeness (QED) is 0.587. The molecule has 0 saturated carbocycles. The van der Waals surface area contributed by atoms with Gasteiger partial charge in [-0.05, 0) is 49.6 Å². The van der Waals surface area contributed by atoms with E-state index in [0.717, 1.165) is 30.7 Å². The molecule has 1 fully saturated rings. The summed E-state index contributed by atoms with van der Waals surface area (Å²) in [6.07, 6.45) is 2.16. The molecule has 1 saturated heterocycles. The van der Waals surface area contributed by atoms with Crippen LogP contribution in [0.1, 0.15) is 44.8 Å². The lowest BCUT2D eigenvalue weighted by atomic mass is 10.1. The maximum Gasteiger partial charge on any atom is 0.281 e. The summed E-state index contributed by atoms with van der Waals surface area (Å²) in [6.45, 7) is 3.83. The van der Waals surface area contributed by atoms with Crippen molar-refractivity contribution in [3.8, 4) is 0 Å². The number of thiazole rings is 1. The van der Waals surface area contributed by atoms with Gasteiger partial charge in [-0.2, -0.15) is 4.99 Å². The zero-order valence-corrected chi connectivity index (χ0v) is 19.3. The molecule has 0 bridgehead atoms. The van der Waals surface area contributed by atoms with Gasteiger partial charge in [0.05, 0.1) is 23.2 Å². The Bertz CT molecular complexity index is 1180. The lowest BCUT2D eigenvalue weighted by molar-refractivity contribution is 0.0857. The number of aryl methyl sites for hydroxylation is 1. The third-order valence-electron chi connectivity index (χ3n) is 5.36. The second-order valence-electron chi connectivity index (χ2n) is 7.68. The van der Waals surface area contributed by atoms with Crippen molar-refractivity contribution in [1.29, 1.82) is 0 Å².